The highest BCUT2D eigenvalue weighted by Gasteiger charge is 2.53. The summed E-state index contributed by atoms with van der Waals surface area (Å²) in [6, 6.07) is 5.54. The largest absolute Gasteiger partial charge is 0.473 e. The predicted octanol–water partition coefficient (Wildman–Crippen LogP) is 2.66. The van der Waals surface area contributed by atoms with Crippen LogP contribution in [-0.2, 0) is 10.5 Å². The normalized spacial score (nSPS) is 22.9. The molecule has 8 heteroatoms. The van der Waals surface area contributed by atoms with Crippen LogP contribution < -0.4 is 0 Å². The van der Waals surface area contributed by atoms with E-state index in [4.69, 9.17) is 11.6 Å². The number of nitrogens with zero attached hydrogens (tertiary/aromatic N) is 2. The molecule has 0 aromatic heterocycles. The number of carbonyl (C=O) groups excluding carboxylic acids is 1. The van der Waals surface area contributed by atoms with Gasteiger partial charge in [-0.05, 0) is 19.1 Å². The molecule has 1 aliphatic rings. The van der Waals surface area contributed by atoms with E-state index >= 15 is 0 Å². The Kier molecular flexibility index (Phi) is 3.51. The van der Waals surface area contributed by atoms with Crippen LogP contribution in [-0.4, -0.2) is 27.9 Å². The Morgan fingerprint density at radius 2 is 1.95 bits per heavy atom. The second-order valence-electron chi connectivity index (χ2n) is 4.45. The number of rotatable bonds is 1. The van der Waals surface area contributed by atoms with Gasteiger partial charge in [0.1, 0.15) is 0 Å². The molecule has 0 bridgehead atoms. The standard InChI is InChI=1S/C12H10ClF3N2O2/c1-7-6-11(20,8-2-4-9(13)5-3-8)18(17-7)10(19)12(14,15)16/h2-5,20H,6H2,1H3/t11-/m1/s1. The summed E-state index contributed by atoms with van der Waals surface area (Å²) in [5, 5.41) is 14.4. The Balaban J connectivity index is 2.44. The second kappa shape index (κ2) is 4.75. The lowest BCUT2D eigenvalue weighted by Gasteiger charge is -2.31. The summed E-state index contributed by atoms with van der Waals surface area (Å²) in [7, 11) is 0. The van der Waals surface area contributed by atoms with Gasteiger partial charge in [0, 0.05) is 22.7 Å². The first-order valence-electron chi connectivity index (χ1n) is 5.58. The number of benzene rings is 1. The van der Waals surface area contributed by atoms with Crippen LogP contribution >= 0.6 is 11.6 Å². The molecule has 1 amide bonds. The third-order valence-corrected chi connectivity index (χ3v) is 3.12. The van der Waals surface area contributed by atoms with Crippen molar-refractivity contribution in [2.75, 3.05) is 0 Å². The molecule has 1 heterocycles. The van der Waals surface area contributed by atoms with Crippen molar-refractivity contribution in [3.8, 4) is 0 Å². The van der Waals surface area contributed by atoms with Crippen molar-refractivity contribution in [2.24, 2.45) is 5.10 Å². The van der Waals surface area contributed by atoms with Gasteiger partial charge < -0.3 is 5.11 Å². The second-order valence-corrected chi connectivity index (χ2v) is 4.89. The van der Waals surface area contributed by atoms with Crippen LogP contribution in [0, 0.1) is 0 Å². The van der Waals surface area contributed by atoms with Gasteiger partial charge >= 0.3 is 12.1 Å². The van der Waals surface area contributed by atoms with Crippen molar-refractivity contribution in [2.45, 2.75) is 25.2 Å². The number of aliphatic hydroxyl groups is 1. The summed E-state index contributed by atoms with van der Waals surface area (Å²) in [6.45, 7) is 1.44. The van der Waals surface area contributed by atoms with Crippen LogP contribution in [0.1, 0.15) is 18.9 Å². The van der Waals surface area contributed by atoms with Gasteiger partial charge in [-0.1, -0.05) is 23.7 Å². The quantitative estimate of drug-likeness (QED) is 0.867. The average molecular weight is 307 g/mol. The zero-order valence-electron chi connectivity index (χ0n) is 10.3. The Hall–Kier alpha value is -1.60. The molecule has 0 aliphatic carbocycles. The summed E-state index contributed by atoms with van der Waals surface area (Å²) in [5.41, 5.74) is -1.82. The molecular weight excluding hydrogens is 297 g/mol. The SMILES string of the molecule is CC1=NN(C(=O)C(F)(F)F)[C@](O)(c2ccc(Cl)cc2)C1. The first-order valence-corrected chi connectivity index (χ1v) is 5.96. The van der Waals surface area contributed by atoms with Crippen molar-refractivity contribution in [3.63, 3.8) is 0 Å². The highest BCUT2D eigenvalue weighted by Crippen LogP contribution is 2.38. The number of halogens is 4. The average Bonchev–Trinajstić information content (AvgIpc) is 2.64. The maximum absolute atomic E-state index is 12.6. The molecule has 1 aromatic rings. The molecule has 20 heavy (non-hydrogen) atoms. The molecule has 0 saturated heterocycles. The van der Waals surface area contributed by atoms with E-state index in [0.29, 0.717) is 5.02 Å². The summed E-state index contributed by atoms with van der Waals surface area (Å²) in [6.07, 6.45) is -5.31. The van der Waals surface area contributed by atoms with E-state index in [9.17, 15) is 23.1 Å². The van der Waals surface area contributed by atoms with E-state index in [2.05, 4.69) is 5.10 Å². The lowest BCUT2D eigenvalue weighted by molar-refractivity contribution is -0.206. The highest BCUT2D eigenvalue weighted by molar-refractivity contribution is 6.30. The first kappa shape index (κ1) is 14.8. The van der Waals surface area contributed by atoms with Gasteiger partial charge in [0.15, 0.2) is 5.72 Å². The zero-order valence-corrected chi connectivity index (χ0v) is 11.0. The molecule has 0 saturated carbocycles. The van der Waals surface area contributed by atoms with Crippen molar-refractivity contribution in [1.29, 1.82) is 0 Å². The lowest BCUT2D eigenvalue weighted by Crippen LogP contribution is -2.48. The Labute approximate surface area is 117 Å². The third kappa shape index (κ3) is 2.51. The summed E-state index contributed by atoms with van der Waals surface area (Å²) in [4.78, 5) is 11.4. The van der Waals surface area contributed by atoms with Gasteiger partial charge in [0.05, 0.1) is 0 Å². The molecule has 0 unspecified atom stereocenters. The monoisotopic (exact) mass is 306 g/mol. The number of amides is 1. The summed E-state index contributed by atoms with van der Waals surface area (Å²) < 4.78 is 37.7. The number of carbonyl (C=O) groups is 1. The van der Waals surface area contributed by atoms with E-state index in [0.717, 1.165) is 0 Å². The number of alkyl halides is 3. The zero-order chi connectivity index (χ0) is 15.1. The fraction of sp³-hybridized carbons (Fsp3) is 0.333. The predicted molar refractivity (Wildman–Crippen MR) is 66.0 cm³/mol. The molecule has 1 atom stereocenters. The smallest absolute Gasteiger partial charge is 0.365 e. The fourth-order valence-corrected chi connectivity index (χ4v) is 2.12. The van der Waals surface area contributed by atoms with E-state index in [1.165, 1.54) is 31.2 Å². The van der Waals surface area contributed by atoms with E-state index in [-0.39, 0.29) is 22.7 Å². The van der Waals surface area contributed by atoms with Gasteiger partial charge in [0.25, 0.3) is 0 Å². The van der Waals surface area contributed by atoms with Crippen LogP contribution in [0.4, 0.5) is 13.2 Å². The fourth-order valence-electron chi connectivity index (χ4n) is 2.00. The molecular formula is C12H10ClF3N2O2. The Bertz CT molecular complexity index is 571. The number of hydrazone groups is 1. The summed E-state index contributed by atoms with van der Waals surface area (Å²) in [5.74, 6) is -2.22. The van der Waals surface area contributed by atoms with Gasteiger partial charge in [-0.2, -0.15) is 23.3 Å². The number of hydrogen-bond acceptors (Lipinski definition) is 3. The van der Waals surface area contributed by atoms with Crippen molar-refractivity contribution in [3.05, 3.63) is 34.9 Å². The molecule has 4 nitrogen and oxygen atoms in total. The summed E-state index contributed by atoms with van der Waals surface area (Å²) >= 11 is 5.69. The minimum Gasteiger partial charge on any atom is -0.365 e. The molecule has 0 radical (unpaired) electrons. The van der Waals surface area contributed by atoms with Crippen LogP contribution in [0.25, 0.3) is 0 Å². The first-order chi connectivity index (χ1) is 9.14. The number of hydrogen-bond donors (Lipinski definition) is 1. The van der Waals surface area contributed by atoms with Gasteiger partial charge in [0.2, 0.25) is 0 Å². The molecule has 0 spiro atoms. The van der Waals surface area contributed by atoms with Crippen LogP contribution in [0.2, 0.25) is 5.02 Å². The van der Waals surface area contributed by atoms with Crippen LogP contribution in [0.5, 0.6) is 0 Å². The lowest BCUT2D eigenvalue weighted by atomic mass is 9.97. The van der Waals surface area contributed by atoms with Crippen molar-refractivity contribution >= 4 is 23.2 Å². The third-order valence-electron chi connectivity index (χ3n) is 2.86. The molecule has 0 fully saturated rings. The van der Waals surface area contributed by atoms with Gasteiger partial charge in [-0.25, -0.2) is 0 Å². The van der Waals surface area contributed by atoms with Crippen molar-refractivity contribution < 1.29 is 23.1 Å². The Morgan fingerprint density at radius 3 is 2.45 bits per heavy atom. The molecule has 1 aromatic carbocycles. The highest BCUT2D eigenvalue weighted by atomic mass is 35.5. The molecule has 1 N–H and O–H groups in total. The van der Waals surface area contributed by atoms with E-state index < -0.39 is 17.8 Å². The minimum atomic E-state index is -5.12. The maximum Gasteiger partial charge on any atom is 0.473 e. The van der Waals surface area contributed by atoms with E-state index in [1.807, 2.05) is 0 Å². The van der Waals surface area contributed by atoms with Crippen LogP contribution in [0.15, 0.2) is 29.4 Å². The molecule has 1 aliphatic heterocycles. The minimum absolute atomic E-state index is 0.0750. The topological polar surface area (TPSA) is 52.9 Å². The Morgan fingerprint density at radius 1 is 1.40 bits per heavy atom. The molecule has 2 rings (SSSR count). The van der Waals surface area contributed by atoms with Crippen molar-refractivity contribution in [1.82, 2.24) is 5.01 Å². The van der Waals surface area contributed by atoms with E-state index in [1.54, 1.807) is 0 Å². The van der Waals surface area contributed by atoms with Gasteiger partial charge in [-0.15, -0.1) is 0 Å². The maximum atomic E-state index is 12.6. The molecule has 108 valence electrons. The van der Waals surface area contributed by atoms with Crippen LogP contribution in [0.3, 0.4) is 0 Å². The van der Waals surface area contributed by atoms with Gasteiger partial charge in [-0.3, -0.25) is 4.79 Å².